The first-order valence-electron chi connectivity index (χ1n) is 11.9. The molecule has 7 nitrogen and oxygen atoms in total. The molecular weight excluding hydrogens is 481 g/mol. The highest BCUT2D eigenvalue weighted by molar-refractivity contribution is 5.92. The van der Waals surface area contributed by atoms with E-state index < -0.39 is 0 Å². The van der Waals surface area contributed by atoms with E-state index in [-0.39, 0.29) is 24.8 Å². The monoisotopic (exact) mass is 511 g/mol. The van der Waals surface area contributed by atoms with E-state index in [1.54, 1.807) is 0 Å². The first-order chi connectivity index (χ1) is 16.2. The molecule has 0 amide bonds. The smallest absolute Gasteiger partial charge is 0.157 e. The molecule has 6 rings (SSSR count). The molecule has 9 heteroatoms. The summed E-state index contributed by atoms with van der Waals surface area (Å²) in [6.07, 6.45) is 2.98. The van der Waals surface area contributed by atoms with Gasteiger partial charge in [-0.25, -0.2) is 0 Å². The van der Waals surface area contributed by atoms with E-state index in [1.165, 1.54) is 22.2 Å². The van der Waals surface area contributed by atoms with Crippen molar-refractivity contribution in [3.05, 3.63) is 71.2 Å². The van der Waals surface area contributed by atoms with Crippen LogP contribution in [-0.2, 0) is 19.3 Å². The predicted octanol–water partition coefficient (Wildman–Crippen LogP) is 4.21. The number of rotatable bonds is 4. The first kappa shape index (κ1) is 25.4. The molecule has 2 aliphatic heterocycles. The summed E-state index contributed by atoms with van der Waals surface area (Å²) in [4.78, 5) is 9.89. The van der Waals surface area contributed by atoms with E-state index in [0.29, 0.717) is 6.04 Å². The van der Waals surface area contributed by atoms with E-state index in [1.807, 2.05) is 4.68 Å². The van der Waals surface area contributed by atoms with Gasteiger partial charge < -0.3 is 4.90 Å². The summed E-state index contributed by atoms with van der Waals surface area (Å²) < 4.78 is 1.91. The van der Waals surface area contributed by atoms with Crippen molar-refractivity contribution in [1.29, 1.82) is 0 Å². The van der Waals surface area contributed by atoms with E-state index in [9.17, 15) is 0 Å². The Balaban J connectivity index is 0.00000144. The maximum atomic E-state index is 4.72. The molecule has 2 aliphatic rings. The Bertz CT molecular complexity index is 1320. The van der Waals surface area contributed by atoms with Crippen molar-refractivity contribution in [3.8, 4) is 5.69 Å². The van der Waals surface area contributed by atoms with Crippen LogP contribution in [0.4, 0.5) is 5.69 Å². The predicted molar refractivity (Wildman–Crippen MR) is 144 cm³/mol. The van der Waals surface area contributed by atoms with Crippen LogP contribution in [0.3, 0.4) is 0 Å². The Labute approximate surface area is 218 Å². The number of benzene rings is 2. The SMILES string of the molecule is Cc1ccc2c(N3CCN(CCc4cccc5c4CCc4nnnn4-5)[C@H](C)C3)cccc2n1.Cl.Cl. The van der Waals surface area contributed by atoms with E-state index in [4.69, 9.17) is 4.98 Å². The van der Waals surface area contributed by atoms with Gasteiger partial charge in [0.25, 0.3) is 0 Å². The molecule has 35 heavy (non-hydrogen) atoms. The number of halogens is 2. The van der Waals surface area contributed by atoms with Crippen molar-refractivity contribution in [2.75, 3.05) is 31.1 Å². The average molecular weight is 512 g/mol. The van der Waals surface area contributed by atoms with Gasteiger partial charge in [-0.1, -0.05) is 18.2 Å². The van der Waals surface area contributed by atoms with Gasteiger partial charge in [-0.2, -0.15) is 4.68 Å². The second-order valence-corrected chi connectivity index (χ2v) is 9.30. The number of fused-ring (bicyclic) bond motifs is 4. The number of anilines is 1. The molecule has 0 radical (unpaired) electrons. The lowest BCUT2D eigenvalue weighted by Crippen LogP contribution is -2.52. The van der Waals surface area contributed by atoms with Crippen molar-refractivity contribution >= 4 is 41.4 Å². The van der Waals surface area contributed by atoms with Crippen molar-refractivity contribution in [3.63, 3.8) is 0 Å². The quantitative estimate of drug-likeness (QED) is 0.408. The van der Waals surface area contributed by atoms with Gasteiger partial charge in [0.2, 0.25) is 0 Å². The number of aromatic nitrogens is 5. The molecule has 0 N–H and O–H groups in total. The molecule has 4 aromatic rings. The molecule has 0 bridgehead atoms. The van der Waals surface area contributed by atoms with Gasteiger partial charge >= 0.3 is 0 Å². The van der Waals surface area contributed by atoms with E-state index >= 15 is 0 Å². The molecule has 0 aliphatic carbocycles. The Morgan fingerprint density at radius 1 is 0.943 bits per heavy atom. The zero-order valence-corrected chi connectivity index (χ0v) is 21.7. The van der Waals surface area contributed by atoms with Crippen LogP contribution in [0, 0.1) is 6.92 Å². The molecule has 1 fully saturated rings. The Morgan fingerprint density at radius 2 is 1.77 bits per heavy atom. The molecule has 4 heterocycles. The number of pyridine rings is 1. The lowest BCUT2D eigenvalue weighted by molar-refractivity contribution is 0.192. The largest absolute Gasteiger partial charge is 0.368 e. The van der Waals surface area contributed by atoms with Crippen LogP contribution >= 0.6 is 24.8 Å². The van der Waals surface area contributed by atoms with Gasteiger partial charge in [-0.05, 0) is 78.6 Å². The summed E-state index contributed by atoms with van der Waals surface area (Å²) in [6, 6.07) is 17.9. The number of piperazine rings is 1. The third-order valence-corrected chi connectivity index (χ3v) is 7.23. The second-order valence-electron chi connectivity index (χ2n) is 9.30. The molecule has 2 aromatic heterocycles. The topological polar surface area (TPSA) is 63.0 Å². The number of tetrazole rings is 1. The fourth-order valence-corrected chi connectivity index (χ4v) is 5.45. The summed E-state index contributed by atoms with van der Waals surface area (Å²) in [6.45, 7) is 8.63. The van der Waals surface area contributed by atoms with Crippen LogP contribution in [0.5, 0.6) is 0 Å². The van der Waals surface area contributed by atoms with Crippen molar-refractivity contribution in [2.45, 2.75) is 39.2 Å². The minimum Gasteiger partial charge on any atom is -0.368 e. The zero-order chi connectivity index (χ0) is 22.4. The zero-order valence-electron chi connectivity index (χ0n) is 20.1. The highest BCUT2D eigenvalue weighted by atomic mass is 35.5. The van der Waals surface area contributed by atoms with Crippen LogP contribution in [0.25, 0.3) is 16.6 Å². The molecule has 0 spiro atoms. The third-order valence-electron chi connectivity index (χ3n) is 7.23. The number of hydrogen-bond donors (Lipinski definition) is 0. The van der Waals surface area contributed by atoms with Crippen LogP contribution in [0.2, 0.25) is 0 Å². The number of hydrogen-bond acceptors (Lipinski definition) is 6. The lowest BCUT2D eigenvalue weighted by atomic mass is 9.95. The van der Waals surface area contributed by atoms with Crippen LogP contribution in [0.15, 0.2) is 48.5 Å². The minimum atomic E-state index is 0. The fraction of sp³-hybridized carbons (Fsp3) is 0.385. The van der Waals surface area contributed by atoms with Gasteiger partial charge in [-0.3, -0.25) is 9.88 Å². The highest BCUT2D eigenvalue weighted by Crippen LogP contribution is 2.29. The summed E-state index contributed by atoms with van der Waals surface area (Å²) in [5.41, 5.74) is 7.44. The van der Waals surface area contributed by atoms with Crippen LogP contribution in [0.1, 0.15) is 29.6 Å². The minimum absolute atomic E-state index is 0. The Kier molecular flexibility index (Phi) is 7.59. The van der Waals surface area contributed by atoms with E-state index in [0.717, 1.165) is 68.2 Å². The normalized spacial score (nSPS) is 17.3. The molecule has 184 valence electrons. The number of aryl methyl sites for hydroxylation is 2. The van der Waals surface area contributed by atoms with Crippen molar-refractivity contribution in [2.24, 2.45) is 0 Å². The maximum absolute atomic E-state index is 4.72. The first-order valence-corrected chi connectivity index (χ1v) is 11.9. The Hall–Kier alpha value is -2.74. The van der Waals surface area contributed by atoms with Gasteiger partial charge in [0, 0.05) is 55.4 Å². The standard InChI is InChI=1S/C26H29N7.2ClH/c1-18-9-10-22-23(27-18)6-4-7-24(22)32-16-15-31(19(2)17-32)14-13-20-5-3-8-25-21(20)11-12-26-28-29-30-33(25)26;;/h3-10,19H,11-17H2,1-2H3;2*1H/t19-;;/m1../s1. The molecule has 0 unspecified atom stereocenters. The highest BCUT2D eigenvalue weighted by Gasteiger charge is 2.26. The van der Waals surface area contributed by atoms with Gasteiger partial charge in [-0.15, -0.1) is 29.9 Å². The second kappa shape index (κ2) is 10.5. The van der Waals surface area contributed by atoms with Crippen LogP contribution < -0.4 is 4.90 Å². The summed E-state index contributed by atoms with van der Waals surface area (Å²) in [7, 11) is 0. The average Bonchev–Trinajstić information content (AvgIpc) is 3.32. The summed E-state index contributed by atoms with van der Waals surface area (Å²) >= 11 is 0. The fourth-order valence-electron chi connectivity index (χ4n) is 5.45. The van der Waals surface area contributed by atoms with Gasteiger partial charge in [0.05, 0.1) is 11.2 Å². The third kappa shape index (κ3) is 4.73. The van der Waals surface area contributed by atoms with Gasteiger partial charge in [0.1, 0.15) is 0 Å². The molecule has 1 atom stereocenters. The van der Waals surface area contributed by atoms with Gasteiger partial charge in [0.15, 0.2) is 5.82 Å². The number of nitrogens with zero attached hydrogens (tertiary/aromatic N) is 7. The summed E-state index contributed by atoms with van der Waals surface area (Å²) in [5.74, 6) is 0.961. The maximum Gasteiger partial charge on any atom is 0.157 e. The Morgan fingerprint density at radius 3 is 2.63 bits per heavy atom. The molecule has 2 aromatic carbocycles. The lowest BCUT2D eigenvalue weighted by Gasteiger charge is -2.41. The van der Waals surface area contributed by atoms with Crippen molar-refractivity contribution < 1.29 is 0 Å². The molecular formula is C26H31Cl2N7. The molecule has 0 saturated carbocycles. The summed E-state index contributed by atoms with van der Waals surface area (Å²) in [5, 5.41) is 13.5. The van der Waals surface area contributed by atoms with E-state index in [2.05, 4.69) is 87.7 Å². The van der Waals surface area contributed by atoms with Crippen LogP contribution in [-0.4, -0.2) is 62.3 Å². The van der Waals surface area contributed by atoms with Crippen molar-refractivity contribution in [1.82, 2.24) is 30.1 Å². The molecule has 1 saturated heterocycles.